The standard InChI is InChI=1S/C9H11BrN2O4S/c1-12(2)17(15,16)11-8-6(9(13)14)4-3-5-7(8)10/h3-5,11H,1-2H3,(H,13,14). The average molecular weight is 323 g/mol. The van der Waals surface area contributed by atoms with Gasteiger partial charge in [0.05, 0.1) is 11.3 Å². The Morgan fingerprint density at radius 3 is 2.47 bits per heavy atom. The molecule has 0 saturated carbocycles. The second kappa shape index (κ2) is 5.03. The molecule has 0 aliphatic heterocycles. The predicted octanol–water partition coefficient (Wildman–Crippen LogP) is 1.37. The molecule has 0 fully saturated rings. The average Bonchev–Trinajstić information content (AvgIpc) is 2.20. The van der Waals surface area contributed by atoms with Crippen LogP contribution in [-0.4, -0.2) is 37.9 Å². The van der Waals surface area contributed by atoms with Crippen molar-refractivity contribution in [2.24, 2.45) is 0 Å². The van der Waals surface area contributed by atoms with Gasteiger partial charge in [0.2, 0.25) is 0 Å². The van der Waals surface area contributed by atoms with Gasteiger partial charge in [0, 0.05) is 18.6 Å². The Bertz CT molecular complexity index is 542. The highest BCUT2D eigenvalue weighted by Crippen LogP contribution is 2.27. The van der Waals surface area contributed by atoms with Gasteiger partial charge in [0.25, 0.3) is 0 Å². The van der Waals surface area contributed by atoms with Crippen molar-refractivity contribution in [1.29, 1.82) is 0 Å². The highest BCUT2D eigenvalue weighted by Gasteiger charge is 2.20. The lowest BCUT2D eigenvalue weighted by Crippen LogP contribution is -2.29. The molecule has 0 aliphatic carbocycles. The number of nitrogens with one attached hydrogen (secondary N) is 1. The minimum Gasteiger partial charge on any atom is -0.478 e. The van der Waals surface area contributed by atoms with Crippen LogP contribution >= 0.6 is 15.9 Å². The Labute approximate surface area is 108 Å². The van der Waals surface area contributed by atoms with Crippen molar-refractivity contribution in [3.8, 4) is 0 Å². The summed E-state index contributed by atoms with van der Waals surface area (Å²) in [7, 11) is -1.05. The van der Waals surface area contributed by atoms with E-state index in [4.69, 9.17) is 5.11 Å². The molecule has 0 radical (unpaired) electrons. The molecule has 0 spiro atoms. The summed E-state index contributed by atoms with van der Waals surface area (Å²) in [6, 6.07) is 4.39. The fourth-order valence-electron chi connectivity index (χ4n) is 1.03. The number of benzene rings is 1. The molecule has 0 aliphatic rings. The van der Waals surface area contributed by atoms with Crippen LogP contribution in [0.5, 0.6) is 0 Å². The molecule has 17 heavy (non-hydrogen) atoms. The smallest absolute Gasteiger partial charge is 0.337 e. The Morgan fingerprint density at radius 2 is 2.00 bits per heavy atom. The van der Waals surface area contributed by atoms with E-state index < -0.39 is 16.2 Å². The third kappa shape index (κ3) is 3.18. The second-order valence-corrected chi connectivity index (χ2v) is 6.10. The van der Waals surface area contributed by atoms with Crippen LogP contribution in [0, 0.1) is 0 Å². The van der Waals surface area contributed by atoms with Crippen LogP contribution in [0.25, 0.3) is 0 Å². The number of carboxylic acids is 1. The van der Waals surface area contributed by atoms with Crippen LogP contribution in [-0.2, 0) is 10.2 Å². The first-order chi connectivity index (χ1) is 7.75. The molecule has 0 saturated heterocycles. The SMILES string of the molecule is CN(C)S(=O)(=O)Nc1c(Br)cccc1C(=O)O. The lowest BCUT2D eigenvalue weighted by Gasteiger charge is -2.15. The van der Waals surface area contributed by atoms with Crippen LogP contribution in [0.15, 0.2) is 22.7 Å². The molecule has 1 aromatic rings. The van der Waals surface area contributed by atoms with Crippen molar-refractivity contribution in [3.05, 3.63) is 28.2 Å². The second-order valence-electron chi connectivity index (χ2n) is 3.36. The molecule has 0 aromatic heterocycles. The van der Waals surface area contributed by atoms with E-state index in [0.29, 0.717) is 4.47 Å². The number of para-hydroxylation sites is 1. The third-order valence-corrected chi connectivity index (χ3v) is 4.04. The highest BCUT2D eigenvalue weighted by atomic mass is 79.9. The zero-order chi connectivity index (χ0) is 13.2. The van der Waals surface area contributed by atoms with E-state index in [1.165, 1.54) is 26.2 Å². The molecule has 1 rings (SSSR count). The highest BCUT2D eigenvalue weighted by molar-refractivity contribution is 9.10. The monoisotopic (exact) mass is 322 g/mol. The maximum atomic E-state index is 11.6. The number of hydrogen-bond donors (Lipinski definition) is 2. The van der Waals surface area contributed by atoms with E-state index in [1.807, 2.05) is 0 Å². The number of carbonyl (C=O) groups is 1. The summed E-state index contributed by atoms with van der Waals surface area (Å²) >= 11 is 3.11. The van der Waals surface area contributed by atoms with E-state index >= 15 is 0 Å². The van der Waals surface area contributed by atoms with Crippen LogP contribution in [0.2, 0.25) is 0 Å². The molecule has 1 aromatic carbocycles. The summed E-state index contributed by atoms with van der Waals surface area (Å²) in [5, 5.41) is 8.96. The van der Waals surface area contributed by atoms with E-state index in [1.54, 1.807) is 6.07 Å². The number of nitrogens with zero attached hydrogens (tertiary/aromatic N) is 1. The predicted molar refractivity (Wildman–Crippen MR) is 67.3 cm³/mol. The number of rotatable bonds is 4. The molecule has 6 nitrogen and oxygen atoms in total. The molecule has 94 valence electrons. The molecular formula is C9H11BrN2O4S. The summed E-state index contributed by atoms with van der Waals surface area (Å²) in [5.74, 6) is -1.21. The first kappa shape index (κ1) is 13.9. The number of carboxylic acid groups (broad SMARTS) is 1. The van der Waals surface area contributed by atoms with Crippen LogP contribution in [0.3, 0.4) is 0 Å². The molecule has 0 unspecified atom stereocenters. The van der Waals surface area contributed by atoms with Gasteiger partial charge in [0.1, 0.15) is 0 Å². The van der Waals surface area contributed by atoms with E-state index in [0.717, 1.165) is 4.31 Å². The quantitative estimate of drug-likeness (QED) is 0.876. The number of hydrogen-bond acceptors (Lipinski definition) is 3. The van der Waals surface area contributed by atoms with Crippen molar-refractivity contribution in [1.82, 2.24) is 4.31 Å². The normalized spacial score (nSPS) is 11.5. The van der Waals surface area contributed by atoms with E-state index in [9.17, 15) is 13.2 Å². The Balaban J connectivity index is 3.28. The lowest BCUT2D eigenvalue weighted by atomic mass is 10.2. The van der Waals surface area contributed by atoms with Crippen molar-refractivity contribution in [2.75, 3.05) is 18.8 Å². The van der Waals surface area contributed by atoms with Gasteiger partial charge < -0.3 is 5.11 Å². The molecule has 8 heteroatoms. The lowest BCUT2D eigenvalue weighted by molar-refractivity contribution is 0.0698. The molecule has 0 atom stereocenters. The van der Waals surface area contributed by atoms with Gasteiger partial charge in [0.15, 0.2) is 0 Å². The van der Waals surface area contributed by atoms with Crippen molar-refractivity contribution >= 4 is 37.8 Å². The number of anilines is 1. The van der Waals surface area contributed by atoms with Crippen LogP contribution in [0.1, 0.15) is 10.4 Å². The maximum Gasteiger partial charge on any atom is 0.337 e. The molecule has 0 bridgehead atoms. The zero-order valence-corrected chi connectivity index (χ0v) is 11.5. The summed E-state index contributed by atoms with van der Waals surface area (Å²) in [6.07, 6.45) is 0. The first-order valence-corrected chi connectivity index (χ1v) is 6.71. The van der Waals surface area contributed by atoms with Crippen LogP contribution < -0.4 is 4.72 Å². The largest absolute Gasteiger partial charge is 0.478 e. The maximum absolute atomic E-state index is 11.6. The van der Waals surface area contributed by atoms with Crippen molar-refractivity contribution < 1.29 is 18.3 Å². The fourth-order valence-corrected chi connectivity index (χ4v) is 2.28. The summed E-state index contributed by atoms with van der Waals surface area (Å²) in [5.41, 5.74) is -0.112. The van der Waals surface area contributed by atoms with Gasteiger partial charge >= 0.3 is 16.2 Å². The van der Waals surface area contributed by atoms with Gasteiger partial charge in [-0.2, -0.15) is 12.7 Å². The first-order valence-electron chi connectivity index (χ1n) is 4.48. The van der Waals surface area contributed by atoms with E-state index in [-0.39, 0.29) is 11.3 Å². The minimum atomic E-state index is -3.74. The third-order valence-electron chi connectivity index (χ3n) is 1.96. The van der Waals surface area contributed by atoms with Crippen molar-refractivity contribution in [2.45, 2.75) is 0 Å². The van der Waals surface area contributed by atoms with Crippen LogP contribution in [0.4, 0.5) is 5.69 Å². The molecule has 2 N–H and O–H groups in total. The topological polar surface area (TPSA) is 86.7 Å². The minimum absolute atomic E-state index is 0.00806. The molecule has 0 heterocycles. The Kier molecular flexibility index (Phi) is 4.12. The molecule has 0 amide bonds. The van der Waals surface area contributed by atoms with Gasteiger partial charge in [-0.05, 0) is 28.1 Å². The summed E-state index contributed by atoms with van der Waals surface area (Å²) in [4.78, 5) is 11.0. The van der Waals surface area contributed by atoms with E-state index in [2.05, 4.69) is 20.7 Å². The fraction of sp³-hybridized carbons (Fsp3) is 0.222. The summed E-state index contributed by atoms with van der Waals surface area (Å²) in [6.45, 7) is 0. The number of halogens is 1. The number of aromatic carboxylic acids is 1. The zero-order valence-electron chi connectivity index (χ0n) is 9.14. The molecular weight excluding hydrogens is 312 g/mol. The van der Waals surface area contributed by atoms with Crippen molar-refractivity contribution in [3.63, 3.8) is 0 Å². The Morgan fingerprint density at radius 1 is 1.41 bits per heavy atom. The summed E-state index contributed by atoms with van der Waals surface area (Å²) < 4.78 is 26.8. The van der Waals surface area contributed by atoms with Gasteiger partial charge in [-0.3, -0.25) is 4.72 Å². The van der Waals surface area contributed by atoms with Gasteiger partial charge in [-0.25, -0.2) is 4.79 Å². The van der Waals surface area contributed by atoms with Gasteiger partial charge in [-0.1, -0.05) is 6.07 Å². The van der Waals surface area contributed by atoms with Gasteiger partial charge in [-0.15, -0.1) is 0 Å². The Hall–Kier alpha value is -1.12.